The highest BCUT2D eigenvalue weighted by Gasteiger charge is 2.31. The van der Waals surface area contributed by atoms with Crippen LogP contribution in [0.25, 0.3) is 62.6 Å². The number of anilines is 1. The predicted molar refractivity (Wildman–Crippen MR) is 403 cm³/mol. The average molecular weight is 1440 g/mol. The van der Waals surface area contributed by atoms with E-state index >= 15 is 0 Å². The number of carbonyl (C=O) groups is 3. The number of aliphatic hydroxyl groups excluding tert-OH is 6. The first-order valence-electron chi connectivity index (χ1n) is 35.3. The number of nitrogens with zero attached hydrogens (tertiary/aromatic N) is 5. The number of carbonyl (C=O) groups excluding carboxylic acids is 3. The number of methoxy groups -OCH3 is 1. The number of fused-ring (bicyclic) bond motifs is 1. The van der Waals surface area contributed by atoms with Crippen molar-refractivity contribution >= 4 is 62.5 Å². The Labute approximate surface area is 605 Å². The Balaban J connectivity index is 0.000000243. The Morgan fingerprint density at radius 1 is 0.515 bits per heavy atom. The van der Waals surface area contributed by atoms with Crippen LogP contribution in [-0.4, -0.2) is 133 Å². The molecule has 1 fully saturated rings. The minimum absolute atomic E-state index is 0.0171. The van der Waals surface area contributed by atoms with Crippen molar-refractivity contribution in [2.45, 2.75) is 201 Å². The minimum atomic E-state index is -3.64. The van der Waals surface area contributed by atoms with Crippen LogP contribution in [0, 0.1) is 35.2 Å². The number of benzene rings is 4. The second kappa shape index (κ2) is 38.7. The van der Waals surface area contributed by atoms with E-state index in [-0.39, 0.29) is 109 Å². The number of hydrogen-bond donors (Lipinski definition) is 6. The van der Waals surface area contributed by atoms with Crippen molar-refractivity contribution < 1.29 is 71.3 Å². The minimum Gasteiger partial charge on any atom is -0.393 e. The summed E-state index contributed by atoms with van der Waals surface area (Å²) >= 11 is 0. The van der Waals surface area contributed by atoms with Gasteiger partial charge >= 0.3 is 0 Å². The van der Waals surface area contributed by atoms with Crippen molar-refractivity contribution in [3.8, 4) is 33.5 Å². The molecule has 0 radical (unpaired) electrons. The fraction of sp³-hybridized carbons (Fsp3) is 0.451. The fourth-order valence-corrected chi connectivity index (χ4v) is 11.9. The fourth-order valence-electron chi connectivity index (χ4n) is 11.6. The van der Waals surface area contributed by atoms with E-state index in [0.29, 0.717) is 35.0 Å². The van der Waals surface area contributed by atoms with Gasteiger partial charge in [-0.2, -0.15) is 0 Å². The van der Waals surface area contributed by atoms with Crippen molar-refractivity contribution in [3.05, 3.63) is 178 Å². The molecule has 0 bridgehead atoms. The molecular weight excluding hydrogens is 1340 g/mol. The molecule has 0 aliphatic heterocycles. The van der Waals surface area contributed by atoms with E-state index < -0.39 is 52.5 Å². The van der Waals surface area contributed by atoms with Crippen LogP contribution in [0.5, 0.6) is 0 Å². The molecular formula is C82H104F3N5O12S. The molecule has 6 atom stereocenters. The summed E-state index contributed by atoms with van der Waals surface area (Å²) in [5.74, 6) is -1.27. The summed E-state index contributed by atoms with van der Waals surface area (Å²) in [6.45, 7) is 23.1. The number of ketones is 3. The first-order chi connectivity index (χ1) is 48.5. The van der Waals surface area contributed by atoms with Crippen LogP contribution < -0.4 is 4.31 Å². The summed E-state index contributed by atoms with van der Waals surface area (Å²) in [6, 6.07) is 26.3. The lowest BCUT2D eigenvalue weighted by Crippen LogP contribution is -2.27. The number of ether oxygens (including phenoxy) is 1. The van der Waals surface area contributed by atoms with Gasteiger partial charge < -0.3 is 35.4 Å². The molecule has 103 heavy (non-hydrogen) atoms. The molecule has 1 aliphatic carbocycles. The molecule has 8 rings (SSSR count). The molecule has 0 spiro atoms. The first-order valence-corrected chi connectivity index (χ1v) is 37.2. The lowest BCUT2D eigenvalue weighted by atomic mass is 9.87. The van der Waals surface area contributed by atoms with Gasteiger partial charge in [-0.25, -0.2) is 35.9 Å². The molecule has 1 aliphatic rings. The van der Waals surface area contributed by atoms with Crippen LogP contribution in [0.15, 0.2) is 115 Å². The maximum atomic E-state index is 13.8. The van der Waals surface area contributed by atoms with Crippen LogP contribution >= 0.6 is 0 Å². The predicted octanol–water partition coefficient (Wildman–Crippen LogP) is 15.2. The molecule has 3 aromatic heterocycles. The number of Topliss-reactive ketones (excluding diaryl/α,β-unsaturated/α-hetero) is 3. The number of hydrogen-bond acceptors (Lipinski definition) is 16. The van der Waals surface area contributed by atoms with Crippen LogP contribution in [0.3, 0.4) is 0 Å². The summed E-state index contributed by atoms with van der Waals surface area (Å²) < 4.78 is 71.7. The summed E-state index contributed by atoms with van der Waals surface area (Å²) in [4.78, 5) is 54.6. The van der Waals surface area contributed by atoms with Gasteiger partial charge in [0.2, 0.25) is 16.0 Å². The number of pyridine rings is 2. The van der Waals surface area contributed by atoms with Gasteiger partial charge in [-0.15, -0.1) is 0 Å². The largest absolute Gasteiger partial charge is 0.393 e. The molecule has 17 nitrogen and oxygen atoms in total. The van der Waals surface area contributed by atoms with Gasteiger partial charge in [0, 0.05) is 121 Å². The molecule has 0 unspecified atom stereocenters. The van der Waals surface area contributed by atoms with Gasteiger partial charge in [0.25, 0.3) is 0 Å². The van der Waals surface area contributed by atoms with Crippen LogP contribution in [0.4, 0.5) is 19.1 Å². The molecule has 6 N–H and O–H groups in total. The topological polar surface area (TPSA) is 271 Å². The second-order valence-corrected chi connectivity index (χ2v) is 30.5. The van der Waals surface area contributed by atoms with Crippen LogP contribution in [0.1, 0.15) is 203 Å². The molecule has 4 aromatic carbocycles. The first kappa shape index (κ1) is 84.0. The van der Waals surface area contributed by atoms with E-state index in [0.717, 1.165) is 90.3 Å². The van der Waals surface area contributed by atoms with E-state index in [1.165, 1.54) is 61.7 Å². The van der Waals surface area contributed by atoms with Gasteiger partial charge in [-0.05, 0) is 102 Å². The SMILES string of the molecule is CC(C)C(=O)C[C@H](O)C[C@H](O)/C=C/c1c(-c2ccc(F)cc2)nc(N(C)S(C)(=O)=O)nc1C(C)C.CC(C)C(=O)C[C@H](O)C[C@H](O)/C=C/c1c(C2CC2)nc2ccccc2c1-c1ccc(F)cc1.COCc1c(C(C)C)nc(C(C)C)c(/C=C/[C@@H](O)C[C@@H](O)CC(=O)C(C)C)c1-c1ccc(F)cc1. The van der Waals surface area contributed by atoms with Crippen molar-refractivity contribution in [3.63, 3.8) is 0 Å². The molecule has 0 amide bonds. The number of aromatic nitrogens is 4. The number of para-hydroxylation sites is 1. The molecule has 3 heterocycles. The molecule has 556 valence electrons. The maximum absolute atomic E-state index is 13.8. The summed E-state index contributed by atoms with van der Waals surface area (Å²) in [6.07, 6.45) is 7.65. The Kier molecular flexibility index (Phi) is 31.5. The molecule has 21 heteroatoms. The quantitative estimate of drug-likeness (QED) is 0.0229. The lowest BCUT2D eigenvalue weighted by Gasteiger charge is -2.23. The van der Waals surface area contributed by atoms with Gasteiger partial charge in [0.1, 0.15) is 34.8 Å². The highest BCUT2D eigenvalue weighted by atomic mass is 32.2. The van der Waals surface area contributed by atoms with Gasteiger partial charge in [0.15, 0.2) is 0 Å². The Hall–Kier alpha value is -7.99. The summed E-state index contributed by atoms with van der Waals surface area (Å²) in [7, 11) is -0.655. The van der Waals surface area contributed by atoms with Crippen molar-refractivity contribution in [1.82, 2.24) is 19.9 Å². The van der Waals surface area contributed by atoms with Crippen molar-refractivity contribution in [2.75, 3.05) is 24.7 Å². The van der Waals surface area contributed by atoms with E-state index in [4.69, 9.17) is 14.7 Å². The van der Waals surface area contributed by atoms with Crippen LogP contribution in [-0.2, 0) is 35.8 Å². The molecule has 1 saturated carbocycles. The Morgan fingerprint density at radius 3 is 1.30 bits per heavy atom. The summed E-state index contributed by atoms with van der Waals surface area (Å²) in [5, 5.41) is 63.3. The standard InChI is InChI=1S/C29H40FNO4.C28H30FNO3.C25H34FN3O5S/c1-17(2)26(34)15-23(33)14-22(32)12-13-24-27(20-8-10-21(30)11-9-20)25(16-35-7)29(19(5)6)31-28(24)18(3)4;1-17(2)26(33)16-22(32)15-21(31)13-14-24-27(18-9-11-20(29)12-10-18)23-5-3-4-6-25(23)30-28(24)19-7-8-19;1-15(2)22(32)14-20(31)13-19(30)11-12-21-23(16(3)4)27-25(29(5)35(6,33)34)28-24(21)17-7-9-18(26)10-8-17/h8-13,17-19,22-23,32-33H,14-16H2,1-7H3;3-6,9-14,17,19,21-22,31-32H,7-8,15-16H2,1-2H3;7-12,15-16,19-20,30-31H,13-14H2,1-6H3/b13-12+;14-13+;12-11+/t22-,23-;21-,22-;19-,20-/m111/s1. The third-order valence-electron chi connectivity index (χ3n) is 17.6. The third kappa shape index (κ3) is 24.6. The zero-order valence-electron chi connectivity index (χ0n) is 62.0. The normalized spacial score (nSPS) is 14.6. The lowest BCUT2D eigenvalue weighted by molar-refractivity contribution is -0.125. The Bertz CT molecular complexity index is 4200. The van der Waals surface area contributed by atoms with E-state index in [2.05, 4.69) is 37.7 Å². The van der Waals surface area contributed by atoms with E-state index in [1.54, 1.807) is 91.1 Å². The van der Waals surface area contributed by atoms with Crippen molar-refractivity contribution in [1.29, 1.82) is 0 Å². The Morgan fingerprint density at radius 2 is 0.903 bits per heavy atom. The second-order valence-electron chi connectivity index (χ2n) is 28.5. The van der Waals surface area contributed by atoms with E-state index in [1.807, 2.05) is 50.3 Å². The van der Waals surface area contributed by atoms with E-state index in [9.17, 15) is 66.6 Å². The zero-order chi connectivity index (χ0) is 76.3. The number of aliphatic hydroxyl groups is 6. The zero-order valence-corrected chi connectivity index (χ0v) is 62.8. The molecule has 7 aromatic rings. The molecule has 0 saturated heterocycles. The van der Waals surface area contributed by atoms with Gasteiger partial charge in [-0.1, -0.05) is 162 Å². The highest BCUT2D eigenvalue weighted by molar-refractivity contribution is 7.92. The number of sulfonamides is 1. The van der Waals surface area contributed by atoms with Gasteiger partial charge in [-0.3, -0.25) is 24.4 Å². The number of halogens is 3. The average Bonchev–Trinajstić information content (AvgIpc) is 1.76. The smallest absolute Gasteiger partial charge is 0.239 e. The van der Waals surface area contributed by atoms with Crippen molar-refractivity contribution in [2.24, 2.45) is 17.8 Å². The monoisotopic (exact) mass is 1440 g/mol. The highest BCUT2D eigenvalue weighted by Crippen LogP contribution is 2.46. The number of rotatable bonds is 32. The summed E-state index contributed by atoms with van der Waals surface area (Å²) in [5.41, 5.74) is 11.9. The maximum Gasteiger partial charge on any atom is 0.239 e. The van der Waals surface area contributed by atoms with Crippen LogP contribution in [0.2, 0.25) is 0 Å². The third-order valence-corrected chi connectivity index (χ3v) is 18.8. The van der Waals surface area contributed by atoms with Gasteiger partial charge in [0.05, 0.1) is 77.8 Å².